The molecule has 0 amide bonds. The van der Waals surface area contributed by atoms with Crippen LogP contribution < -0.4 is 5.73 Å². The van der Waals surface area contributed by atoms with Gasteiger partial charge >= 0.3 is 0 Å². The van der Waals surface area contributed by atoms with Gasteiger partial charge in [0.05, 0.1) is 0 Å². The first-order chi connectivity index (χ1) is 8.25. The number of hydrogen-bond acceptors (Lipinski definition) is 4. The predicted molar refractivity (Wildman–Crippen MR) is 65.8 cm³/mol. The van der Waals surface area contributed by atoms with Crippen LogP contribution in [-0.2, 0) is 4.74 Å². The van der Waals surface area contributed by atoms with E-state index in [1.165, 1.54) is 0 Å². The van der Waals surface area contributed by atoms with E-state index in [-0.39, 0.29) is 0 Å². The van der Waals surface area contributed by atoms with E-state index in [2.05, 4.69) is 14.5 Å². The van der Waals surface area contributed by atoms with Gasteiger partial charge in [0, 0.05) is 24.9 Å². The second-order valence-electron chi connectivity index (χ2n) is 4.48. The molecular weight excluding hydrogens is 216 g/mol. The van der Waals surface area contributed by atoms with Gasteiger partial charge in [-0.15, -0.1) is 0 Å². The van der Waals surface area contributed by atoms with Crippen LogP contribution >= 0.6 is 0 Å². The molecule has 2 aromatic heterocycles. The second kappa shape index (κ2) is 4.00. The van der Waals surface area contributed by atoms with Crippen LogP contribution in [0.25, 0.3) is 11.2 Å². The largest absolute Gasteiger partial charge is 0.381 e. The fourth-order valence-electron chi connectivity index (χ4n) is 2.39. The average Bonchev–Trinajstić information content (AvgIpc) is 2.65. The third-order valence-corrected chi connectivity index (χ3v) is 3.26. The van der Waals surface area contributed by atoms with Crippen LogP contribution in [0.15, 0.2) is 12.1 Å². The van der Waals surface area contributed by atoms with E-state index in [0.717, 1.165) is 42.9 Å². The van der Waals surface area contributed by atoms with E-state index in [4.69, 9.17) is 10.5 Å². The summed E-state index contributed by atoms with van der Waals surface area (Å²) in [6.45, 7) is 3.56. The first-order valence-electron chi connectivity index (χ1n) is 5.94. The molecule has 0 unspecified atom stereocenters. The third-order valence-electron chi connectivity index (χ3n) is 3.26. The number of fused-ring (bicyclic) bond motifs is 1. The lowest BCUT2D eigenvalue weighted by molar-refractivity contribution is 0.0710. The van der Waals surface area contributed by atoms with Gasteiger partial charge in [-0.2, -0.15) is 0 Å². The predicted octanol–water partition coefficient (Wildman–Crippen LogP) is 1.67. The lowest BCUT2D eigenvalue weighted by atomic mass is 10.1. The second-order valence-corrected chi connectivity index (χ2v) is 4.48. The van der Waals surface area contributed by atoms with E-state index in [0.29, 0.717) is 12.0 Å². The monoisotopic (exact) mass is 232 g/mol. The van der Waals surface area contributed by atoms with E-state index < -0.39 is 0 Å². The van der Waals surface area contributed by atoms with Crippen molar-refractivity contribution in [2.45, 2.75) is 25.8 Å². The third kappa shape index (κ3) is 1.76. The Balaban J connectivity index is 2.13. The molecule has 2 aromatic rings. The standard InChI is InChI=1S/C12H16N4O/c1-8-2-3-10-11(14-8)16(12(13)15-10)9-4-6-17-7-5-9/h2-3,9H,4-7H2,1H3,(H2,13,15). The molecule has 5 heteroatoms. The topological polar surface area (TPSA) is 66.0 Å². The molecular formula is C12H16N4O. The van der Waals surface area contributed by atoms with Crippen LogP contribution in [0.1, 0.15) is 24.6 Å². The van der Waals surface area contributed by atoms with Crippen molar-refractivity contribution in [2.24, 2.45) is 0 Å². The number of imidazole rings is 1. The molecule has 1 saturated heterocycles. The lowest BCUT2D eigenvalue weighted by Gasteiger charge is -2.24. The molecule has 0 saturated carbocycles. The molecule has 3 rings (SSSR count). The van der Waals surface area contributed by atoms with Gasteiger partial charge in [0.1, 0.15) is 5.52 Å². The molecule has 2 N–H and O–H groups in total. The Hall–Kier alpha value is -1.62. The van der Waals surface area contributed by atoms with Crippen molar-refractivity contribution in [3.05, 3.63) is 17.8 Å². The van der Waals surface area contributed by atoms with Gasteiger partial charge in [0.25, 0.3) is 0 Å². The summed E-state index contributed by atoms with van der Waals surface area (Å²) in [5.41, 5.74) is 8.77. The fraction of sp³-hybridized carbons (Fsp3) is 0.500. The highest BCUT2D eigenvalue weighted by Gasteiger charge is 2.21. The Bertz CT molecular complexity index is 543. The molecule has 0 atom stereocenters. The van der Waals surface area contributed by atoms with Gasteiger partial charge in [0.15, 0.2) is 5.65 Å². The number of anilines is 1. The van der Waals surface area contributed by atoms with Crippen molar-refractivity contribution < 1.29 is 4.74 Å². The summed E-state index contributed by atoms with van der Waals surface area (Å²) < 4.78 is 7.44. The highest BCUT2D eigenvalue weighted by molar-refractivity contribution is 5.74. The number of rotatable bonds is 1. The Morgan fingerprint density at radius 1 is 1.29 bits per heavy atom. The highest BCUT2D eigenvalue weighted by atomic mass is 16.5. The zero-order valence-electron chi connectivity index (χ0n) is 9.89. The van der Waals surface area contributed by atoms with Crippen molar-refractivity contribution in [3.63, 3.8) is 0 Å². The number of nitrogens with two attached hydrogens (primary N) is 1. The number of pyridine rings is 1. The van der Waals surface area contributed by atoms with Gasteiger partial charge in [-0.05, 0) is 31.9 Å². The number of ether oxygens (including phenoxy) is 1. The summed E-state index contributed by atoms with van der Waals surface area (Å²) in [7, 11) is 0. The molecule has 17 heavy (non-hydrogen) atoms. The van der Waals surface area contributed by atoms with Crippen LogP contribution in [0.5, 0.6) is 0 Å². The maximum absolute atomic E-state index is 6.01. The zero-order valence-corrected chi connectivity index (χ0v) is 9.89. The molecule has 0 spiro atoms. The summed E-state index contributed by atoms with van der Waals surface area (Å²) in [5.74, 6) is 0.560. The van der Waals surface area contributed by atoms with Crippen LogP contribution in [0.2, 0.25) is 0 Å². The molecule has 0 aromatic carbocycles. The van der Waals surface area contributed by atoms with Crippen LogP contribution in [0.3, 0.4) is 0 Å². The smallest absolute Gasteiger partial charge is 0.202 e. The van der Waals surface area contributed by atoms with Crippen LogP contribution in [0.4, 0.5) is 5.95 Å². The summed E-state index contributed by atoms with van der Waals surface area (Å²) >= 11 is 0. The minimum Gasteiger partial charge on any atom is -0.381 e. The molecule has 0 bridgehead atoms. The lowest BCUT2D eigenvalue weighted by Crippen LogP contribution is -2.21. The van der Waals surface area contributed by atoms with Crippen molar-refractivity contribution in [3.8, 4) is 0 Å². The molecule has 1 fully saturated rings. The fourth-order valence-corrected chi connectivity index (χ4v) is 2.39. The van der Waals surface area contributed by atoms with Gasteiger partial charge in [0.2, 0.25) is 5.95 Å². The Morgan fingerprint density at radius 2 is 2.06 bits per heavy atom. The van der Waals surface area contributed by atoms with Crippen LogP contribution in [-0.4, -0.2) is 27.7 Å². The number of aryl methyl sites for hydroxylation is 1. The molecule has 5 nitrogen and oxygen atoms in total. The van der Waals surface area contributed by atoms with Crippen molar-refractivity contribution in [1.82, 2.24) is 14.5 Å². The number of aromatic nitrogens is 3. The molecule has 1 aliphatic rings. The van der Waals surface area contributed by atoms with Gasteiger partial charge in [-0.25, -0.2) is 9.97 Å². The summed E-state index contributed by atoms with van der Waals surface area (Å²) in [4.78, 5) is 8.92. The van der Waals surface area contributed by atoms with Gasteiger partial charge < -0.3 is 10.5 Å². The van der Waals surface area contributed by atoms with Crippen LogP contribution in [0, 0.1) is 6.92 Å². The summed E-state index contributed by atoms with van der Waals surface area (Å²) in [5, 5.41) is 0. The van der Waals surface area contributed by atoms with E-state index in [1.54, 1.807) is 0 Å². The van der Waals surface area contributed by atoms with Crippen molar-refractivity contribution >= 4 is 17.1 Å². The number of hydrogen-bond donors (Lipinski definition) is 1. The molecule has 1 aliphatic heterocycles. The molecule has 0 aliphatic carbocycles. The highest BCUT2D eigenvalue weighted by Crippen LogP contribution is 2.28. The Kier molecular flexibility index (Phi) is 2.48. The molecule has 90 valence electrons. The number of nitrogen functional groups attached to an aromatic ring is 1. The van der Waals surface area contributed by atoms with Gasteiger partial charge in [-0.3, -0.25) is 4.57 Å². The maximum atomic E-state index is 6.01. The van der Waals surface area contributed by atoms with Gasteiger partial charge in [-0.1, -0.05) is 0 Å². The first-order valence-corrected chi connectivity index (χ1v) is 5.94. The zero-order chi connectivity index (χ0) is 11.8. The molecule has 3 heterocycles. The van der Waals surface area contributed by atoms with E-state index in [9.17, 15) is 0 Å². The van der Waals surface area contributed by atoms with Crippen molar-refractivity contribution in [2.75, 3.05) is 18.9 Å². The average molecular weight is 232 g/mol. The first kappa shape index (κ1) is 10.5. The maximum Gasteiger partial charge on any atom is 0.202 e. The quantitative estimate of drug-likeness (QED) is 0.812. The minimum atomic E-state index is 0.364. The summed E-state index contributed by atoms with van der Waals surface area (Å²) in [6.07, 6.45) is 1.95. The Labute approximate surface area is 99.6 Å². The summed E-state index contributed by atoms with van der Waals surface area (Å²) in [6, 6.07) is 4.30. The number of nitrogens with zero attached hydrogens (tertiary/aromatic N) is 3. The normalized spacial score (nSPS) is 17.7. The van der Waals surface area contributed by atoms with E-state index >= 15 is 0 Å². The van der Waals surface area contributed by atoms with E-state index in [1.807, 2.05) is 19.1 Å². The SMILES string of the molecule is Cc1ccc2nc(N)n(C3CCOCC3)c2n1. The minimum absolute atomic E-state index is 0.364. The molecule has 0 radical (unpaired) electrons. The Morgan fingerprint density at radius 3 is 2.82 bits per heavy atom. The van der Waals surface area contributed by atoms with Crippen molar-refractivity contribution in [1.29, 1.82) is 0 Å².